The number of methoxy groups -OCH3 is 2. The number of carbonyl (C=O) groups is 1. The molecule has 1 N–H and O–H groups in total. The van der Waals surface area contributed by atoms with Gasteiger partial charge in [0.15, 0.2) is 11.5 Å². The molecule has 2 aromatic rings. The van der Waals surface area contributed by atoms with Gasteiger partial charge in [-0.1, -0.05) is 6.07 Å². The van der Waals surface area contributed by atoms with E-state index in [4.69, 9.17) is 9.47 Å². The lowest BCUT2D eigenvalue weighted by molar-refractivity contribution is -0.137. The number of anilines is 2. The molecule has 0 unspecified atom stereocenters. The van der Waals surface area contributed by atoms with E-state index in [1.54, 1.807) is 38.5 Å². The number of benzene rings is 2. The van der Waals surface area contributed by atoms with Crippen LogP contribution < -0.4 is 19.7 Å². The van der Waals surface area contributed by atoms with E-state index in [2.05, 4.69) is 29.0 Å². The zero-order chi connectivity index (χ0) is 28.9. The number of hydrogen-bond donors (Lipinski definition) is 1. The fourth-order valence-corrected chi connectivity index (χ4v) is 5.93. The fourth-order valence-electron chi connectivity index (χ4n) is 5.93. The summed E-state index contributed by atoms with van der Waals surface area (Å²) in [6.45, 7) is 9.28. The minimum Gasteiger partial charge on any atom is -0.493 e. The number of piperidine rings is 1. The predicted octanol–water partition coefficient (Wildman–Crippen LogP) is 5.36. The van der Waals surface area contributed by atoms with Crippen LogP contribution in [0.25, 0.3) is 0 Å². The molecule has 0 radical (unpaired) electrons. The Morgan fingerprint density at radius 1 is 1.00 bits per heavy atom. The third-order valence-corrected chi connectivity index (χ3v) is 8.19. The van der Waals surface area contributed by atoms with Gasteiger partial charge in [0.1, 0.15) is 0 Å². The van der Waals surface area contributed by atoms with Crippen molar-refractivity contribution in [3.63, 3.8) is 0 Å². The van der Waals surface area contributed by atoms with Gasteiger partial charge in [-0.3, -0.25) is 9.69 Å². The summed E-state index contributed by atoms with van der Waals surface area (Å²) in [5.41, 5.74) is 0.671. The van der Waals surface area contributed by atoms with Crippen LogP contribution in [-0.2, 0) is 11.0 Å². The molecule has 0 aromatic heterocycles. The molecule has 10 heteroatoms. The molecule has 7 nitrogen and oxygen atoms in total. The molecule has 0 saturated carbocycles. The van der Waals surface area contributed by atoms with Gasteiger partial charge in [0, 0.05) is 68.7 Å². The molecule has 2 heterocycles. The van der Waals surface area contributed by atoms with Crippen LogP contribution in [0.3, 0.4) is 0 Å². The second kappa shape index (κ2) is 13.1. The van der Waals surface area contributed by atoms with Gasteiger partial charge >= 0.3 is 6.18 Å². The van der Waals surface area contributed by atoms with Crippen LogP contribution in [0, 0.1) is 5.92 Å². The van der Waals surface area contributed by atoms with Crippen LogP contribution in [0.15, 0.2) is 42.5 Å². The van der Waals surface area contributed by atoms with E-state index < -0.39 is 11.7 Å². The van der Waals surface area contributed by atoms with E-state index in [0.717, 1.165) is 45.1 Å². The zero-order valence-corrected chi connectivity index (χ0v) is 23.8. The van der Waals surface area contributed by atoms with E-state index in [-0.39, 0.29) is 5.91 Å². The highest BCUT2D eigenvalue weighted by Gasteiger charge is 2.36. The van der Waals surface area contributed by atoms with Crippen molar-refractivity contribution in [2.75, 3.05) is 63.7 Å². The first-order valence-corrected chi connectivity index (χ1v) is 14.0. The minimum absolute atomic E-state index is 0.0398. The highest BCUT2D eigenvalue weighted by atomic mass is 19.4. The summed E-state index contributed by atoms with van der Waals surface area (Å²) in [5.74, 6) is 1.45. The first-order chi connectivity index (χ1) is 19.1. The lowest BCUT2D eigenvalue weighted by atomic mass is 9.86. The van der Waals surface area contributed by atoms with Crippen LogP contribution in [-0.4, -0.2) is 81.3 Å². The topological polar surface area (TPSA) is 57.3 Å². The SMILES string of the molecule is COc1ccc(NC(=O)CC[C@@H]2CN(C(C)C)CC[C@@H]2N2CCN(c3cccc(C(F)(F)F)c3)CC2)cc1OC. The van der Waals surface area contributed by atoms with E-state index >= 15 is 0 Å². The molecule has 2 fully saturated rings. The Morgan fingerprint density at radius 2 is 1.73 bits per heavy atom. The molecule has 4 rings (SSSR count). The number of halogens is 3. The van der Waals surface area contributed by atoms with Crippen molar-refractivity contribution in [2.45, 2.75) is 51.4 Å². The summed E-state index contributed by atoms with van der Waals surface area (Å²) >= 11 is 0. The van der Waals surface area contributed by atoms with Crippen molar-refractivity contribution in [3.05, 3.63) is 48.0 Å². The summed E-state index contributed by atoms with van der Waals surface area (Å²) in [6.07, 6.45) is -2.16. The number of piperazine rings is 1. The number of alkyl halides is 3. The van der Waals surface area contributed by atoms with Crippen molar-refractivity contribution in [1.82, 2.24) is 9.80 Å². The minimum atomic E-state index is -4.35. The van der Waals surface area contributed by atoms with Gasteiger partial charge in [0.25, 0.3) is 0 Å². The van der Waals surface area contributed by atoms with Crippen LogP contribution in [0.2, 0.25) is 0 Å². The number of hydrogen-bond acceptors (Lipinski definition) is 6. The molecule has 2 saturated heterocycles. The average molecular weight is 563 g/mol. The molecule has 0 bridgehead atoms. The smallest absolute Gasteiger partial charge is 0.416 e. The van der Waals surface area contributed by atoms with Gasteiger partial charge in [-0.05, 0) is 69.5 Å². The Morgan fingerprint density at radius 3 is 2.38 bits per heavy atom. The van der Waals surface area contributed by atoms with Gasteiger partial charge < -0.3 is 24.6 Å². The van der Waals surface area contributed by atoms with Crippen LogP contribution >= 0.6 is 0 Å². The largest absolute Gasteiger partial charge is 0.493 e. The lowest BCUT2D eigenvalue weighted by Gasteiger charge is -2.48. The average Bonchev–Trinajstić information content (AvgIpc) is 2.95. The first kappa shape index (κ1) is 30.0. The number of ether oxygens (including phenoxy) is 2. The molecule has 40 heavy (non-hydrogen) atoms. The van der Waals surface area contributed by atoms with Crippen molar-refractivity contribution >= 4 is 17.3 Å². The first-order valence-electron chi connectivity index (χ1n) is 14.0. The van der Waals surface area contributed by atoms with E-state index in [0.29, 0.717) is 60.4 Å². The van der Waals surface area contributed by atoms with Gasteiger partial charge in [0.2, 0.25) is 5.91 Å². The Bertz CT molecular complexity index is 1140. The molecular weight excluding hydrogens is 521 g/mol. The highest BCUT2D eigenvalue weighted by molar-refractivity contribution is 5.91. The fraction of sp³-hybridized carbons (Fsp3) is 0.567. The van der Waals surface area contributed by atoms with Crippen LogP contribution in [0.4, 0.5) is 24.5 Å². The Balaban J connectivity index is 1.37. The molecule has 2 aliphatic rings. The molecule has 1 amide bonds. The Kier molecular flexibility index (Phi) is 9.84. The van der Waals surface area contributed by atoms with Gasteiger partial charge in [-0.2, -0.15) is 13.2 Å². The molecule has 0 spiro atoms. The van der Waals surface area contributed by atoms with Crippen LogP contribution in [0.5, 0.6) is 11.5 Å². The van der Waals surface area contributed by atoms with Crippen LogP contribution in [0.1, 0.15) is 38.7 Å². The number of nitrogens with one attached hydrogen (secondary N) is 1. The van der Waals surface area contributed by atoms with E-state index in [1.165, 1.54) is 12.1 Å². The van der Waals surface area contributed by atoms with Crippen molar-refractivity contribution in [1.29, 1.82) is 0 Å². The highest BCUT2D eigenvalue weighted by Crippen LogP contribution is 2.34. The second-order valence-electron chi connectivity index (χ2n) is 10.9. The standard InChI is InChI=1S/C30H41F3N4O3/c1-21(2)37-13-12-26(36-16-14-35(15-17-36)25-7-5-6-23(18-25)30(31,32)33)22(20-37)8-11-29(38)34-24-9-10-27(39-3)28(19-24)40-4/h5-7,9-10,18-19,21-22,26H,8,11-17,20H2,1-4H3,(H,34,38)/t22-,26+/m1/s1. The normalized spacial score (nSPS) is 20.9. The number of carbonyl (C=O) groups excluding carboxylic acids is 1. The summed E-state index contributed by atoms with van der Waals surface area (Å²) in [7, 11) is 3.13. The molecule has 2 aliphatic heterocycles. The summed E-state index contributed by atoms with van der Waals surface area (Å²) in [5, 5.41) is 2.99. The van der Waals surface area contributed by atoms with Gasteiger partial charge in [-0.25, -0.2) is 0 Å². The van der Waals surface area contributed by atoms with Crippen molar-refractivity contribution in [3.8, 4) is 11.5 Å². The third-order valence-electron chi connectivity index (χ3n) is 8.19. The zero-order valence-electron chi connectivity index (χ0n) is 23.8. The van der Waals surface area contributed by atoms with Crippen molar-refractivity contribution in [2.24, 2.45) is 5.92 Å². The van der Waals surface area contributed by atoms with Gasteiger partial charge in [0.05, 0.1) is 19.8 Å². The Hall–Kier alpha value is -2.98. The van der Waals surface area contributed by atoms with Crippen molar-refractivity contribution < 1.29 is 27.4 Å². The van der Waals surface area contributed by atoms with E-state index in [1.807, 2.05) is 4.90 Å². The number of nitrogens with zero attached hydrogens (tertiary/aromatic N) is 3. The molecule has 2 atom stereocenters. The summed E-state index contributed by atoms with van der Waals surface area (Å²) in [6, 6.07) is 11.7. The number of rotatable bonds is 9. The summed E-state index contributed by atoms with van der Waals surface area (Å²) in [4.78, 5) is 19.9. The third kappa shape index (κ3) is 7.40. The molecule has 0 aliphatic carbocycles. The maximum Gasteiger partial charge on any atom is 0.416 e. The maximum atomic E-state index is 13.2. The molecule has 220 valence electrons. The Labute approximate surface area is 235 Å². The second-order valence-corrected chi connectivity index (χ2v) is 10.9. The number of amides is 1. The predicted molar refractivity (Wildman–Crippen MR) is 151 cm³/mol. The monoisotopic (exact) mass is 562 g/mol. The lowest BCUT2D eigenvalue weighted by Crippen LogP contribution is -2.57. The maximum absolute atomic E-state index is 13.2. The quantitative estimate of drug-likeness (QED) is 0.444. The van der Waals surface area contributed by atoms with Gasteiger partial charge in [-0.15, -0.1) is 0 Å². The summed E-state index contributed by atoms with van der Waals surface area (Å²) < 4.78 is 50.3. The molecule has 2 aromatic carbocycles. The number of likely N-dealkylation sites (tertiary alicyclic amines) is 1. The van der Waals surface area contributed by atoms with E-state index in [9.17, 15) is 18.0 Å². The molecular formula is C30H41F3N4O3.